The van der Waals surface area contributed by atoms with E-state index in [0.717, 1.165) is 23.2 Å². The monoisotopic (exact) mass is 245 g/mol. The molecule has 0 atom stereocenters. The average Bonchev–Trinajstić information content (AvgIpc) is 2.32. The van der Waals surface area contributed by atoms with E-state index in [1.54, 1.807) is 0 Å². The third kappa shape index (κ3) is 4.60. The zero-order chi connectivity index (χ0) is 13.4. The summed E-state index contributed by atoms with van der Waals surface area (Å²) in [6, 6.07) is 5.65. The van der Waals surface area contributed by atoms with Crippen LogP contribution in [0.4, 0.5) is 5.69 Å². The summed E-state index contributed by atoms with van der Waals surface area (Å²) in [6.07, 6.45) is 1.86. The van der Waals surface area contributed by atoms with Crippen molar-refractivity contribution in [3.05, 3.63) is 29.3 Å². The Hall–Kier alpha value is -1.79. The molecule has 0 aliphatic carbocycles. The fraction of sp³-hybridized carbons (Fsp3) is 0.400. The second-order valence-electron chi connectivity index (χ2n) is 4.10. The van der Waals surface area contributed by atoms with E-state index in [1.807, 2.05) is 32.0 Å². The van der Waals surface area contributed by atoms with Crippen LogP contribution in [0.3, 0.4) is 0 Å². The summed E-state index contributed by atoms with van der Waals surface area (Å²) in [7, 11) is 0. The topological polar surface area (TPSA) is 49.3 Å². The van der Waals surface area contributed by atoms with Crippen LogP contribution in [0.15, 0.2) is 18.2 Å². The lowest BCUT2D eigenvalue weighted by molar-refractivity contribution is -0.116. The summed E-state index contributed by atoms with van der Waals surface area (Å²) in [6.45, 7) is 4.01. The number of nitrogens with one attached hydrogen (secondary N) is 1. The third-order valence-corrected chi connectivity index (χ3v) is 2.45. The van der Waals surface area contributed by atoms with Gasteiger partial charge in [0, 0.05) is 24.1 Å². The maximum absolute atomic E-state index is 11.5. The smallest absolute Gasteiger partial charge is 0.224 e. The Labute approximate surface area is 108 Å². The van der Waals surface area contributed by atoms with Gasteiger partial charge in [0.15, 0.2) is 0 Å². The molecule has 0 heterocycles. The predicted molar refractivity (Wildman–Crippen MR) is 73.3 cm³/mol. The van der Waals surface area contributed by atoms with Crippen molar-refractivity contribution >= 4 is 11.6 Å². The van der Waals surface area contributed by atoms with Gasteiger partial charge in [0.2, 0.25) is 5.91 Å². The summed E-state index contributed by atoms with van der Waals surface area (Å²) < 4.78 is 0. The molecule has 0 spiro atoms. The van der Waals surface area contributed by atoms with Crippen molar-refractivity contribution in [2.45, 2.75) is 33.1 Å². The van der Waals surface area contributed by atoms with Crippen molar-refractivity contribution < 1.29 is 9.90 Å². The lowest BCUT2D eigenvalue weighted by Gasteiger charge is -2.06. The summed E-state index contributed by atoms with van der Waals surface area (Å²) in [5.41, 5.74) is 2.75. The zero-order valence-electron chi connectivity index (χ0n) is 10.9. The molecule has 0 unspecified atom stereocenters. The fourth-order valence-corrected chi connectivity index (χ4v) is 1.55. The molecular weight excluding hydrogens is 226 g/mol. The van der Waals surface area contributed by atoms with Gasteiger partial charge in [0.05, 0.1) is 6.61 Å². The minimum atomic E-state index is 0.0380. The number of hydrogen-bond acceptors (Lipinski definition) is 2. The highest BCUT2D eigenvalue weighted by Crippen LogP contribution is 2.14. The summed E-state index contributed by atoms with van der Waals surface area (Å²) in [5.74, 6) is 5.92. The van der Waals surface area contributed by atoms with Crippen LogP contribution in [0.25, 0.3) is 0 Å². The molecule has 0 fully saturated rings. The van der Waals surface area contributed by atoms with Crippen molar-refractivity contribution in [3.8, 4) is 11.8 Å². The van der Waals surface area contributed by atoms with Gasteiger partial charge in [0.1, 0.15) is 0 Å². The molecule has 2 N–H and O–H groups in total. The van der Waals surface area contributed by atoms with Crippen molar-refractivity contribution in [1.82, 2.24) is 0 Å². The van der Waals surface area contributed by atoms with Gasteiger partial charge in [-0.25, -0.2) is 0 Å². The zero-order valence-corrected chi connectivity index (χ0v) is 10.9. The number of carbonyl (C=O) groups excluding carboxylic acids is 1. The molecule has 1 aromatic carbocycles. The maximum Gasteiger partial charge on any atom is 0.224 e. The van der Waals surface area contributed by atoms with Crippen LogP contribution in [0, 0.1) is 18.8 Å². The van der Waals surface area contributed by atoms with Crippen molar-refractivity contribution in [1.29, 1.82) is 0 Å². The molecular formula is C15H19NO2. The van der Waals surface area contributed by atoms with E-state index in [1.165, 1.54) is 0 Å². The van der Waals surface area contributed by atoms with Gasteiger partial charge in [-0.2, -0.15) is 0 Å². The Bertz CT molecular complexity index is 469. The standard InChI is InChI=1S/C15H19NO2/c1-3-6-15(18)16-14-9-8-13(12(2)11-14)7-4-5-10-17/h8-9,11,17H,3,5-6,10H2,1-2H3,(H,16,18). The molecule has 0 radical (unpaired) electrons. The third-order valence-electron chi connectivity index (χ3n) is 2.45. The minimum Gasteiger partial charge on any atom is -0.395 e. The van der Waals surface area contributed by atoms with Crippen molar-refractivity contribution in [2.24, 2.45) is 0 Å². The molecule has 0 aliphatic rings. The number of amides is 1. The van der Waals surface area contributed by atoms with Gasteiger partial charge < -0.3 is 10.4 Å². The Morgan fingerprint density at radius 2 is 2.22 bits per heavy atom. The molecule has 0 saturated heterocycles. The minimum absolute atomic E-state index is 0.0380. The van der Waals surface area contributed by atoms with E-state index >= 15 is 0 Å². The van der Waals surface area contributed by atoms with Crippen LogP contribution < -0.4 is 5.32 Å². The summed E-state index contributed by atoms with van der Waals surface area (Å²) in [5, 5.41) is 11.5. The second kappa shape index (κ2) is 7.52. The van der Waals surface area contributed by atoms with E-state index in [2.05, 4.69) is 17.2 Å². The normalized spacial score (nSPS) is 9.50. The second-order valence-corrected chi connectivity index (χ2v) is 4.10. The number of carbonyl (C=O) groups is 1. The van der Waals surface area contributed by atoms with Crippen molar-refractivity contribution in [3.63, 3.8) is 0 Å². The molecule has 18 heavy (non-hydrogen) atoms. The van der Waals surface area contributed by atoms with E-state index in [0.29, 0.717) is 12.8 Å². The molecule has 1 rings (SSSR count). The quantitative estimate of drug-likeness (QED) is 0.801. The number of aliphatic hydroxyl groups excluding tert-OH is 1. The Kier molecular flexibility index (Phi) is 5.96. The van der Waals surface area contributed by atoms with Crippen LogP contribution in [0.1, 0.15) is 37.3 Å². The predicted octanol–water partition coefficient (Wildman–Crippen LogP) is 2.47. The van der Waals surface area contributed by atoms with Gasteiger partial charge in [-0.1, -0.05) is 18.8 Å². The Morgan fingerprint density at radius 3 is 2.83 bits per heavy atom. The van der Waals surface area contributed by atoms with Gasteiger partial charge in [-0.15, -0.1) is 0 Å². The molecule has 0 aromatic heterocycles. The van der Waals surface area contributed by atoms with Gasteiger partial charge >= 0.3 is 0 Å². The van der Waals surface area contributed by atoms with E-state index < -0.39 is 0 Å². The van der Waals surface area contributed by atoms with Crippen molar-refractivity contribution in [2.75, 3.05) is 11.9 Å². The number of anilines is 1. The highest BCUT2D eigenvalue weighted by Gasteiger charge is 2.02. The van der Waals surface area contributed by atoms with E-state index in [4.69, 9.17) is 5.11 Å². The van der Waals surface area contributed by atoms with Gasteiger partial charge in [0.25, 0.3) is 0 Å². The van der Waals surface area contributed by atoms with Crippen LogP contribution in [0.2, 0.25) is 0 Å². The number of hydrogen-bond donors (Lipinski definition) is 2. The van der Waals surface area contributed by atoms with Crippen LogP contribution >= 0.6 is 0 Å². The van der Waals surface area contributed by atoms with Crippen LogP contribution in [-0.4, -0.2) is 17.6 Å². The van der Waals surface area contributed by atoms with Gasteiger partial charge in [-0.3, -0.25) is 4.79 Å². The lowest BCUT2D eigenvalue weighted by Crippen LogP contribution is -2.10. The SMILES string of the molecule is CCCC(=O)Nc1ccc(C#CCCO)c(C)c1. The first-order valence-electron chi connectivity index (χ1n) is 6.17. The molecule has 3 heteroatoms. The molecule has 0 bridgehead atoms. The summed E-state index contributed by atoms with van der Waals surface area (Å²) in [4.78, 5) is 11.5. The Morgan fingerprint density at radius 1 is 1.44 bits per heavy atom. The average molecular weight is 245 g/mol. The lowest BCUT2D eigenvalue weighted by atomic mass is 10.1. The first-order chi connectivity index (χ1) is 8.67. The molecule has 96 valence electrons. The number of rotatable bonds is 4. The van der Waals surface area contributed by atoms with Crippen LogP contribution in [-0.2, 0) is 4.79 Å². The molecule has 1 aromatic rings. The highest BCUT2D eigenvalue weighted by molar-refractivity contribution is 5.90. The molecule has 0 saturated carbocycles. The highest BCUT2D eigenvalue weighted by atomic mass is 16.2. The fourth-order valence-electron chi connectivity index (χ4n) is 1.55. The largest absolute Gasteiger partial charge is 0.395 e. The first kappa shape index (κ1) is 14.3. The Balaban J connectivity index is 2.74. The van der Waals surface area contributed by atoms with E-state index in [-0.39, 0.29) is 12.5 Å². The number of benzene rings is 1. The molecule has 0 aliphatic heterocycles. The summed E-state index contributed by atoms with van der Waals surface area (Å²) >= 11 is 0. The number of aryl methyl sites for hydroxylation is 1. The maximum atomic E-state index is 11.5. The molecule has 3 nitrogen and oxygen atoms in total. The van der Waals surface area contributed by atoms with E-state index in [9.17, 15) is 4.79 Å². The first-order valence-corrected chi connectivity index (χ1v) is 6.17. The van der Waals surface area contributed by atoms with Gasteiger partial charge in [-0.05, 0) is 37.1 Å². The number of aliphatic hydroxyl groups is 1. The van der Waals surface area contributed by atoms with Crippen LogP contribution in [0.5, 0.6) is 0 Å². The molecule has 1 amide bonds.